The molecule has 1 aliphatic heterocycles. The maximum atomic E-state index is 12.7. The van der Waals surface area contributed by atoms with Gasteiger partial charge in [-0.15, -0.1) is 0 Å². The van der Waals surface area contributed by atoms with Crippen molar-refractivity contribution in [3.63, 3.8) is 0 Å². The lowest BCUT2D eigenvalue weighted by Crippen LogP contribution is -2.39. The Morgan fingerprint density at radius 3 is 2.88 bits per heavy atom. The Morgan fingerprint density at radius 2 is 2.08 bits per heavy atom. The molecule has 1 aliphatic rings. The molecule has 1 unspecified atom stereocenters. The summed E-state index contributed by atoms with van der Waals surface area (Å²) in [5.74, 6) is 0.220. The first-order valence-electron chi connectivity index (χ1n) is 8.92. The molecule has 0 aliphatic carbocycles. The average Bonchev–Trinajstić information content (AvgIpc) is 3.17. The van der Waals surface area contributed by atoms with Crippen LogP contribution >= 0.6 is 0 Å². The number of hydrogen-bond donors (Lipinski definition) is 1. The molecule has 1 aromatic carbocycles. The van der Waals surface area contributed by atoms with E-state index in [1.807, 2.05) is 17.2 Å². The zero-order chi connectivity index (χ0) is 17.8. The summed E-state index contributed by atoms with van der Waals surface area (Å²) < 4.78 is 0. The molecule has 0 bridgehead atoms. The van der Waals surface area contributed by atoms with Crippen LogP contribution in [0.2, 0.25) is 0 Å². The number of hydrogen-bond acceptors (Lipinski definition) is 4. The standard InChI is InChI=1S/C20H21N5O/c26-20(18-13-21-8-9-22-18)25-10-4-7-16(14-25)19-17(12-23-24-19)11-15-5-2-1-3-6-15/h1-3,5-6,8-9,12-13,16H,4,7,10-11,14H2,(H,23,24). The molecule has 1 N–H and O–H groups in total. The quantitative estimate of drug-likeness (QED) is 0.787. The van der Waals surface area contributed by atoms with E-state index in [4.69, 9.17) is 0 Å². The minimum Gasteiger partial charge on any atom is -0.337 e. The Kier molecular flexibility index (Phi) is 4.73. The number of aromatic amines is 1. The molecule has 3 aromatic rings. The van der Waals surface area contributed by atoms with Crippen LogP contribution in [0.1, 0.15) is 46.1 Å². The molecule has 2 aromatic heterocycles. The van der Waals surface area contributed by atoms with E-state index in [9.17, 15) is 4.79 Å². The molecule has 6 heteroatoms. The number of benzene rings is 1. The number of nitrogens with one attached hydrogen (secondary N) is 1. The van der Waals surface area contributed by atoms with Crippen molar-refractivity contribution in [3.05, 3.63) is 77.6 Å². The van der Waals surface area contributed by atoms with Crippen LogP contribution < -0.4 is 0 Å². The van der Waals surface area contributed by atoms with Gasteiger partial charge in [0.25, 0.3) is 5.91 Å². The van der Waals surface area contributed by atoms with Gasteiger partial charge >= 0.3 is 0 Å². The smallest absolute Gasteiger partial charge is 0.274 e. The van der Waals surface area contributed by atoms with Crippen LogP contribution in [-0.4, -0.2) is 44.1 Å². The molecule has 132 valence electrons. The highest BCUT2D eigenvalue weighted by Crippen LogP contribution is 2.29. The van der Waals surface area contributed by atoms with E-state index in [0.29, 0.717) is 12.2 Å². The normalized spacial score (nSPS) is 17.2. The summed E-state index contributed by atoms with van der Waals surface area (Å²) in [6.45, 7) is 1.44. The van der Waals surface area contributed by atoms with E-state index < -0.39 is 0 Å². The minimum absolute atomic E-state index is 0.0491. The van der Waals surface area contributed by atoms with E-state index in [0.717, 1.165) is 31.5 Å². The van der Waals surface area contributed by atoms with Crippen molar-refractivity contribution < 1.29 is 4.79 Å². The van der Waals surface area contributed by atoms with Crippen molar-refractivity contribution in [2.24, 2.45) is 0 Å². The highest BCUT2D eigenvalue weighted by atomic mass is 16.2. The third-order valence-corrected chi connectivity index (χ3v) is 4.89. The number of rotatable bonds is 4. The maximum Gasteiger partial charge on any atom is 0.274 e. The van der Waals surface area contributed by atoms with Gasteiger partial charge in [0.15, 0.2) is 0 Å². The Hall–Kier alpha value is -3.02. The second-order valence-electron chi connectivity index (χ2n) is 6.65. The lowest BCUT2D eigenvalue weighted by Gasteiger charge is -2.32. The highest BCUT2D eigenvalue weighted by Gasteiger charge is 2.28. The van der Waals surface area contributed by atoms with Crippen LogP contribution in [0.5, 0.6) is 0 Å². The SMILES string of the molecule is O=C(c1cnccn1)N1CCCC(c2[nH]ncc2Cc2ccccc2)C1. The molecule has 1 fully saturated rings. The molecule has 3 heterocycles. The number of carbonyl (C=O) groups excluding carboxylic acids is 1. The third-order valence-electron chi connectivity index (χ3n) is 4.89. The van der Waals surface area contributed by atoms with Crippen LogP contribution in [0.15, 0.2) is 55.1 Å². The van der Waals surface area contributed by atoms with Gasteiger partial charge in [0, 0.05) is 43.5 Å². The number of carbonyl (C=O) groups is 1. The van der Waals surface area contributed by atoms with Gasteiger partial charge < -0.3 is 4.90 Å². The number of aromatic nitrogens is 4. The molecule has 4 rings (SSSR count). The number of nitrogens with zero attached hydrogens (tertiary/aromatic N) is 4. The van der Waals surface area contributed by atoms with Crippen LogP contribution in [0.4, 0.5) is 0 Å². The van der Waals surface area contributed by atoms with E-state index >= 15 is 0 Å². The molecule has 1 amide bonds. The van der Waals surface area contributed by atoms with E-state index in [1.165, 1.54) is 17.3 Å². The molecule has 0 saturated carbocycles. The van der Waals surface area contributed by atoms with E-state index in [1.54, 1.807) is 12.4 Å². The van der Waals surface area contributed by atoms with Crippen LogP contribution in [0, 0.1) is 0 Å². The number of amides is 1. The Bertz CT molecular complexity index is 862. The Morgan fingerprint density at radius 1 is 1.19 bits per heavy atom. The van der Waals surface area contributed by atoms with Gasteiger partial charge in [-0.2, -0.15) is 5.10 Å². The lowest BCUT2D eigenvalue weighted by molar-refractivity contribution is 0.0699. The summed E-state index contributed by atoms with van der Waals surface area (Å²) in [6.07, 6.45) is 9.45. The van der Waals surface area contributed by atoms with Crippen molar-refractivity contribution in [2.75, 3.05) is 13.1 Å². The summed E-state index contributed by atoms with van der Waals surface area (Å²) in [6, 6.07) is 10.4. The fourth-order valence-corrected chi connectivity index (χ4v) is 3.60. The first-order chi connectivity index (χ1) is 12.8. The van der Waals surface area contributed by atoms with Crippen LogP contribution in [0.3, 0.4) is 0 Å². The van der Waals surface area contributed by atoms with Crippen molar-refractivity contribution in [1.29, 1.82) is 0 Å². The summed E-state index contributed by atoms with van der Waals surface area (Å²) in [4.78, 5) is 22.7. The van der Waals surface area contributed by atoms with E-state index in [2.05, 4.69) is 44.4 Å². The zero-order valence-electron chi connectivity index (χ0n) is 14.5. The topological polar surface area (TPSA) is 74.8 Å². The van der Waals surface area contributed by atoms with Gasteiger partial charge in [0.05, 0.1) is 12.4 Å². The van der Waals surface area contributed by atoms with Crippen molar-refractivity contribution >= 4 is 5.91 Å². The van der Waals surface area contributed by atoms with Crippen LogP contribution in [-0.2, 0) is 6.42 Å². The van der Waals surface area contributed by atoms with Crippen molar-refractivity contribution in [2.45, 2.75) is 25.2 Å². The van der Waals surface area contributed by atoms with Crippen LogP contribution in [0.25, 0.3) is 0 Å². The van der Waals surface area contributed by atoms with Gasteiger partial charge in [0.1, 0.15) is 5.69 Å². The summed E-state index contributed by atoms with van der Waals surface area (Å²) >= 11 is 0. The molecule has 0 spiro atoms. The maximum absolute atomic E-state index is 12.7. The Balaban J connectivity index is 1.50. The van der Waals surface area contributed by atoms with Gasteiger partial charge in [-0.25, -0.2) is 4.98 Å². The second kappa shape index (κ2) is 7.47. The number of likely N-dealkylation sites (tertiary alicyclic amines) is 1. The second-order valence-corrected chi connectivity index (χ2v) is 6.65. The van der Waals surface area contributed by atoms with Crippen molar-refractivity contribution in [3.8, 4) is 0 Å². The Labute approximate surface area is 152 Å². The molecule has 0 radical (unpaired) electrons. The van der Waals surface area contributed by atoms with Crippen molar-refractivity contribution in [1.82, 2.24) is 25.1 Å². The van der Waals surface area contributed by atoms with E-state index in [-0.39, 0.29) is 11.8 Å². The van der Waals surface area contributed by atoms with Gasteiger partial charge in [-0.05, 0) is 24.0 Å². The minimum atomic E-state index is -0.0491. The fraction of sp³-hybridized carbons (Fsp3) is 0.300. The lowest BCUT2D eigenvalue weighted by atomic mass is 9.90. The predicted molar refractivity (Wildman–Crippen MR) is 97.7 cm³/mol. The number of piperidine rings is 1. The average molecular weight is 347 g/mol. The number of H-pyrrole nitrogens is 1. The summed E-state index contributed by atoms with van der Waals surface area (Å²) in [5.41, 5.74) is 4.02. The summed E-state index contributed by atoms with van der Waals surface area (Å²) in [5, 5.41) is 7.45. The first-order valence-corrected chi connectivity index (χ1v) is 8.92. The predicted octanol–water partition coefficient (Wildman–Crippen LogP) is 2.81. The van der Waals surface area contributed by atoms with Gasteiger partial charge in [-0.1, -0.05) is 30.3 Å². The monoisotopic (exact) mass is 347 g/mol. The zero-order valence-corrected chi connectivity index (χ0v) is 14.5. The molecule has 1 atom stereocenters. The largest absolute Gasteiger partial charge is 0.337 e. The molecule has 6 nitrogen and oxygen atoms in total. The summed E-state index contributed by atoms with van der Waals surface area (Å²) in [7, 11) is 0. The molecular formula is C20H21N5O. The third kappa shape index (κ3) is 3.49. The van der Waals surface area contributed by atoms with Gasteiger partial charge in [0.2, 0.25) is 0 Å². The highest BCUT2D eigenvalue weighted by molar-refractivity contribution is 5.92. The first kappa shape index (κ1) is 16.4. The fourth-order valence-electron chi connectivity index (χ4n) is 3.60. The van der Waals surface area contributed by atoms with Gasteiger partial charge in [-0.3, -0.25) is 14.9 Å². The molecular weight excluding hydrogens is 326 g/mol. The molecule has 1 saturated heterocycles. The molecule has 26 heavy (non-hydrogen) atoms.